The lowest BCUT2D eigenvalue weighted by molar-refractivity contribution is 0.306. The Bertz CT molecular complexity index is 874. The van der Waals surface area contributed by atoms with Crippen molar-refractivity contribution < 1.29 is 12.8 Å². The monoisotopic (exact) mass is 365 g/mol. The van der Waals surface area contributed by atoms with Crippen LogP contribution in [0.15, 0.2) is 29.2 Å². The van der Waals surface area contributed by atoms with E-state index in [9.17, 15) is 12.8 Å². The fourth-order valence-corrected chi connectivity index (χ4v) is 5.10. The second-order valence-electron chi connectivity index (χ2n) is 6.41. The van der Waals surface area contributed by atoms with Crippen LogP contribution in [-0.4, -0.2) is 47.1 Å². The number of nitrogens with one attached hydrogen (secondary N) is 1. The van der Waals surface area contributed by atoms with Gasteiger partial charge in [-0.05, 0) is 25.0 Å². The number of hydrogen-bond donors (Lipinski definition) is 1. The van der Waals surface area contributed by atoms with Crippen LogP contribution < -0.4 is 5.32 Å². The molecule has 7 nitrogen and oxygen atoms in total. The van der Waals surface area contributed by atoms with Crippen LogP contribution in [-0.2, 0) is 23.1 Å². The number of sulfonamides is 1. The summed E-state index contributed by atoms with van der Waals surface area (Å²) >= 11 is 0. The Kier molecular flexibility index (Phi) is 4.30. The van der Waals surface area contributed by atoms with Gasteiger partial charge in [-0.25, -0.2) is 12.8 Å². The first-order valence-electron chi connectivity index (χ1n) is 8.45. The van der Waals surface area contributed by atoms with E-state index >= 15 is 0 Å². The van der Waals surface area contributed by atoms with Crippen LogP contribution in [0.25, 0.3) is 0 Å². The Balaban J connectivity index is 1.50. The molecule has 0 bridgehead atoms. The molecule has 0 saturated carbocycles. The molecule has 134 valence electrons. The average Bonchev–Trinajstić information content (AvgIpc) is 3.06. The molecule has 2 aliphatic rings. The van der Waals surface area contributed by atoms with E-state index in [1.165, 1.54) is 22.5 Å². The van der Waals surface area contributed by atoms with Crippen LogP contribution in [0.4, 0.5) is 4.39 Å². The van der Waals surface area contributed by atoms with Gasteiger partial charge in [0, 0.05) is 32.1 Å². The highest BCUT2D eigenvalue weighted by molar-refractivity contribution is 7.89. The smallest absolute Gasteiger partial charge is 0.245 e. The Morgan fingerprint density at radius 1 is 1.12 bits per heavy atom. The van der Waals surface area contributed by atoms with E-state index in [1.807, 2.05) is 0 Å². The van der Waals surface area contributed by atoms with Gasteiger partial charge >= 0.3 is 0 Å². The molecule has 0 radical (unpaired) electrons. The van der Waals surface area contributed by atoms with E-state index in [-0.39, 0.29) is 10.8 Å². The van der Waals surface area contributed by atoms with E-state index in [2.05, 4.69) is 20.1 Å². The normalized spacial score (nSPS) is 19.7. The standard InChI is InChI=1S/C16H20FN5O2S/c17-13-3-1-2-4-14(13)25(23,24)21-8-5-12(6-9-21)16-20-19-15-11-18-7-10-22(15)16/h1-4,12,18H,5-11H2. The van der Waals surface area contributed by atoms with E-state index in [0.717, 1.165) is 24.7 Å². The van der Waals surface area contributed by atoms with E-state index in [0.29, 0.717) is 32.5 Å². The van der Waals surface area contributed by atoms with Gasteiger partial charge in [0.2, 0.25) is 10.0 Å². The molecule has 1 aromatic heterocycles. The van der Waals surface area contributed by atoms with E-state index < -0.39 is 15.8 Å². The molecule has 0 spiro atoms. The molecule has 0 unspecified atom stereocenters. The third kappa shape index (κ3) is 2.96. The van der Waals surface area contributed by atoms with Crippen molar-refractivity contribution in [1.29, 1.82) is 0 Å². The van der Waals surface area contributed by atoms with Crippen molar-refractivity contribution >= 4 is 10.0 Å². The van der Waals surface area contributed by atoms with Gasteiger partial charge in [-0.3, -0.25) is 0 Å². The van der Waals surface area contributed by atoms with Gasteiger partial charge in [-0.2, -0.15) is 4.31 Å². The third-order valence-corrected chi connectivity index (χ3v) is 6.86. The molecular formula is C16H20FN5O2S. The minimum Gasteiger partial charge on any atom is -0.312 e. The fourth-order valence-electron chi connectivity index (χ4n) is 3.56. The minimum absolute atomic E-state index is 0.187. The maximum Gasteiger partial charge on any atom is 0.245 e. The second kappa shape index (κ2) is 6.47. The van der Waals surface area contributed by atoms with Crippen molar-refractivity contribution in [2.45, 2.75) is 36.7 Å². The highest BCUT2D eigenvalue weighted by Crippen LogP contribution is 2.31. The van der Waals surface area contributed by atoms with Gasteiger partial charge in [0.05, 0.1) is 6.54 Å². The first kappa shape index (κ1) is 16.6. The third-order valence-electron chi connectivity index (χ3n) is 4.92. The van der Waals surface area contributed by atoms with Gasteiger partial charge in [-0.15, -0.1) is 10.2 Å². The quantitative estimate of drug-likeness (QED) is 0.881. The van der Waals surface area contributed by atoms with Crippen molar-refractivity contribution in [3.05, 3.63) is 41.7 Å². The van der Waals surface area contributed by atoms with Crippen LogP contribution in [0.2, 0.25) is 0 Å². The van der Waals surface area contributed by atoms with E-state index in [1.54, 1.807) is 6.07 Å². The van der Waals surface area contributed by atoms with Gasteiger partial charge < -0.3 is 9.88 Å². The molecule has 1 saturated heterocycles. The molecule has 4 rings (SSSR count). The van der Waals surface area contributed by atoms with Crippen molar-refractivity contribution in [3.8, 4) is 0 Å². The summed E-state index contributed by atoms with van der Waals surface area (Å²) in [5.74, 6) is 1.36. The lowest BCUT2D eigenvalue weighted by atomic mass is 9.97. The maximum atomic E-state index is 13.9. The van der Waals surface area contributed by atoms with Gasteiger partial charge in [-0.1, -0.05) is 12.1 Å². The van der Waals surface area contributed by atoms with Crippen LogP contribution >= 0.6 is 0 Å². The highest BCUT2D eigenvalue weighted by atomic mass is 32.2. The number of aromatic nitrogens is 3. The number of halogens is 1. The molecule has 9 heteroatoms. The summed E-state index contributed by atoms with van der Waals surface area (Å²) < 4.78 is 42.8. The van der Waals surface area contributed by atoms with Crippen LogP contribution in [0, 0.1) is 5.82 Å². The topological polar surface area (TPSA) is 80.1 Å². The molecule has 25 heavy (non-hydrogen) atoms. The number of piperidine rings is 1. The minimum atomic E-state index is -3.80. The molecular weight excluding hydrogens is 345 g/mol. The highest BCUT2D eigenvalue weighted by Gasteiger charge is 2.33. The lowest BCUT2D eigenvalue weighted by Crippen LogP contribution is -2.39. The maximum absolute atomic E-state index is 13.9. The molecule has 3 heterocycles. The van der Waals surface area contributed by atoms with Crippen LogP contribution in [0.3, 0.4) is 0 Å². The van der Waals surface area contributed by atoms with Crippen molar-refractivity contribution in [3.63, 3.8) is 0 Å². The van der Waals surface area contributed by atoms with E-state index in [4.69, 9.17) is 0 Å². The SMILES string of the molecule is O=S(=O)(c1ccccc1F)N1CCC(c2nnc3n2CCNC3)CC1. The summed E-state index contributed by atoms with van der Waals surface area (Å²) in [6, 6.07) is 5.53. The Morgan fingerprint density at radius 2 is 1.88 bits per heavy atom. The predicted octanol–water partition coefficient (Wildman–Crippen LogP) is 1.09. The molecule has 1 N–H and O–H groups in total. The molecule has 1 fully saturated rings. The summed E-state index contributed by atoms with van der Waals surface area (Å²) in [4.78, 5) is -0.251. The number of hydrogen-bond acceptors (Lipinski definition) is 5. The summed E-state index contributed by atoms with van der Waals surface area (Å²) in [5, 5.41) is 11.8. The summed E-state index contributed by atoms with van der Waals surface area (Å²) in [7, 11) is -3.80. The number of fused-ring (bicyclic) bond motifs is 1. The first-order chi connectivity index (χ1) is 12.1. The van der Waals surface area contributed by atoms with Gasteiger partial charge in [0.15, 0.2) is 0 Å². The fraction of sp³-hybridized carbons (Fsp3) is 0.500. The number of benzene rings is 1. The summed E-state index contributed by atoms with van der Waals surface area (Å²) in [5.41, 5.74) is 0. The van der Waals surface area contributed by atoms with Crippen molar-refractivity contribution in [2.24, 2.45) is 0 Å². The first-order valence-corrected chi connectivity index (χ1v) is 9.89. The Morgan fingerprint density at radius 3 is 2.64 bits per heavy atom. The predicted molar refractivity (Wildman–Crippen MR) is 88.9 cm³/mol. The molecule has 0 atom stereocenters. The molecule has 0 aliphatic carbocycles. The largest absolute Gasteiger partial charge is 0.312 e. The molecule has 1 aromatic carbocycles. The zero-order chi connectivity index (χ0) is 17.4. The summed E-state index contributed by atoms with van der Waals surface area (Å²) in [6.07, 6.45) is 1.33. The van der Waals surface area contributed by atoms with Crippen molar-refractivity contribution in [1.82, 2.24) is 24.4 Å². The lowest BCUT2D eigenvalue weighted by Gasteiger charge is -2.31. The zero-order valence-electron chi connectivity index (χ0n) is 13.7. The number of rotatable bonds is 3. The second-order valence-corrected chi connectivity index (χ2v) is 8.32. The Hall–Kier alpha value is -1.84. The molecule has 0 amide bonds. The number of nitrogens with zero attached hydrogens (tertiary/aromatic N) is 4. The average molecular weight is 365 g/mol. The van der Waals surface area contributed by atoms with Crippen LogP contribution in [0.1, 0.15) is 30.4 Å². The van der Waals surface area contributed by atoms with Gasteiger partial charge in [0.1, 0.15) is 22.4 Å². The Labute approximate surface area is 145 Å². The zero-order valence-corrected chi connectivity index (χ0v) is 14.5. The summed E-state index contributed by atoms with van der Waals surface area (Å²) in [6.45, 7) is 3.17. The van der Waals surface area contributed by atoms with Crippen molar-refractivity contribution in [2.75, 3.05) is 19.6 Å². The molecule has 2 aromatic rings. The molecule has 2 aliphatic heterocycles. The van der Waals surface area contributed by atoms with Gasteiger partial charge in [0.25, 0.3) is 0 Å². The van der Waals surface area contributed by atoms with Crippen LogP contribution in [0.5, 0.6) is 0 Å².